The Hall–Kier alpha value is -1.78. The molecule has 1 unspecified atom stereocenters. The molecule has 106 valence electrons. The van der Waals surface area contributed by atoms with Gasteiger partial charge in [-0.05, 0) is 25.0 Å². The Morgan fingerprint density at radius 3 is 2.80 bits per heavy atom. The van der Waals surface area contributed by atoms with E-state index in [9.17, 15) is 17.6 Å². The zero-order valence-corrected chi connectivity index (χ0v) is 11.4. The number of benzene rings is 1. The minimum absolute atomic E-state index is 0.202. The van der Waals surface area contributed by atoms with Gasteiger partial charge in [-0.15, -0.1) is 0 Å². The first-order valence-corrected chi connectivity index (χ1v) is 7.62. The molecule has 0 aliphatic carbocycles. The molecule has 0 bridgehead atoms. The Morgan fingerprint density at radius 2 is 2.15 bits per heavy atom. The normalized spacial score (nSPS) is 20.3. The van der Waals surface area contributed by atoms with Gasteiger partial charge >= 0.3 is 0 Å². The topological polar surface area (TPSA) is 78.2 Å². The molecule has 20 heavy (non-hydrogen) atoms. The number of carbonyl (C=O) groups excluding carboxylic acids is 1. The van der Waals surface area contributed by atoms with Crippen molar-refractivity contribution in [3.63, 3.8) is 0 Å². The average Bonchev–Trinajstić information content (AvgIpc) is 2.46. The Kier molecular flexibility index (Phi) is 4.16. The zero-order valence-electron chi connectivity index (χ0n) is 10.6. The number of hydrogen-bond donors (Lipinski definition) is 0. The van der Waals surface area contributed by atoms with Crippen LogP contribution in [-0.4, -0.2) is 31.6 Å². The number of aldehydes is 1. The van der Waals surface area contributed by atoms with Crippen LogP contribution in [0, 0.1) is 17.1 Å². The summed E-state index contributed by atoms with van der Waals surface area (Å²) in [5.74, 6) is -0.881. The van der Waals surface area contributed by atoms with Crippen LogP contribution in [-0.2, 0) is 14.8 Å². The summed E-state index contributed by atoms with van der Waals surface area (Å²) in [6.07, 6.45) is 2.44. The number of nitriles is 1. The molecule has 1 fully saturated rings. The van der Waals surface area contributed by atoms with E-state index >= 15 is 0 Å². The minimum atomic E-state index is -4.05. The highest BCUT2D eigenvalue weighted by Gasteiger charge is 2.35. The molecule has 1 aromatic rings. The quantitative estimate of drug-likeness (QED) is 0.791. The highest BCUT2D eigenvalue weighted by molar-refractivity contribution is 7.89. The van der Waals surface area contributed by atoms with Gasteiger partial charge in [0.05, 0.1) is 6.04 Å². The maximum absolute atomic E-state index is 13.6. The zero-order chi connectivity index (χ0) is 14.8. The van der Waals surface area contributed by atoms with Gasteiger partial charge in [-0.1, -0.05) is 12.5 Å². The van der Waals surface area contributed by atoms with Crippen LogP contribution in [0.4, 0.5) is 4.39 Å². The van der Waals surface area contributed by atoms with Gasteiger partial charge in [-0.2, -0.15) is 9.57 Å². The number of nitrogens with zero attached hydrogens (tertiary/aromatic N) is 2. The average molecular weight is 296 g/mol. The van der Waals surface area contributed by atoms with E-state index in [-0.39, 0.29) is 11.4 Å². The van der Waals surface area contributed by atoms with Crippen molar-refractivity contribution >= 4 is 16.3 Å². The number of sulfonamides is 1. The second-order valence-corrected chi connectivity index (χ2v) is 6.40. The molecule has 0 saturated carbocycles. The molecule has 1 atom stereocenters. The van der Waals surface area contributed by atoms with Crippen LogP contribution >= 0.6 is 0 Å². The Morgan fingerprint density at radius 1 is 1.40 bits per heavy atom. The Labute approximate surface area is 116 Å². The molecule has 2 rings (SSSR count). The van der Waals surface area contributed by atoms with Gasteiger partial charge in [-0.25, -0.2) is 12.8 Å². The first-order chi connectivity index (χ1) is 9.52. The summed E-state index contributed by atoms with van der Waals surface area (Å²) < 4.78 is 39.7. The summed E-state index contributed by atoms with van der Waals surface area (Å²) in [5.41, 5.74) is -0.511. The molecule has 0 amide bonds. The van der Waals surface area contributed by atoms with Crippen LogP contribution in [0.15, 0.2) is 23.1 Å². The molecule has 0 aromatic heterocycles. The van der Waals surface area contributed by atoms with Crippen LogP contribution in [0.1, 0.15) is 24.8 Å². The molecule has 0 radical (unpaired) electrons. The predicted molar refractivity (Wildman–Crippen MR) is 68.7 cm³/mol. The fourth-order valence-corrected chi connectivity index (χ4v) is 4.10. The van der Waals surface area contributed by atoms with Crippen molar-refractivity contribution in [2.75, 3.05) is 6.54 Å². The van der Waals surface area contributed by atoms with Crippen LogP contribution in [0.5, 0.6) is 0 Å². The molecular weight excluding hydrogens is 283 g/mol. The van der Waals surface area contributed by atoms with Crippen LogP contribution in [0.3, 0.4) is 0 Å². The SMILES string of the molecule is N#Cc1c(F)cccc1S(=O)(=O)N1CCCCC1C=O. The van der Waals surface area contributed by atoms with E-state index in [1.54, 1.807) is 6.07 Å². The lowest BCUT2D eigenvalue weighted by Crippen LogP contribution is -2.44. The van der Waals surface area contributed by atoms with Gasteiger partial charge in [0.2, 0.25) is 10.0 Å². The van der Waals surface area contributed by atoms with E-state index in [0.717, 1.165) is 16.8 Å². The van der Waals surface area contributed by atoms with E-state index in [2.05, 4.69) is 0 Å². The second-order valence-electron chi connectivity index (χ2n) is 4.54. The van der Waals surface area contributed by atoms with E-state index in [4.69, 9.17) is 5.26 Å². The summed E-state index contributed by atoms with van der Waals surface area (Å²) in [4.78, 5) is 10.6. The predicted octanol–water partition coefficient (Wildman–Crippen LogP) is 1.44. The minimum Gasteiger partial charge on any atom is -0.302 e. The molecular formula is C13H13FN2O3S. The lowest BCUT2D eigenvalue weighted by atomic mass is 10.1. The van der Waals surface area contributed by atoms with Gasteiger partial charge < -0.3 is 4.79 Å². The third-order valence-corrected chi connectivity index (χ3v) is 5.30. The molecule has 1 saturated heterocycles. The maximum atomic E-state index is 13.6. The number of rotatable bonds is 3. The van der Waals surface area contributed by atoms with Crippen LogP contribution in [0.25, 0.3) is 0 Å². The molecule has 1 aromatic carbocycles. The number of hydrogen-bond acceptors (Lipinski definition) is 4. The van der Waals surface area contributed by atoms with E-state index in [0.29, 0.717) is 19.1 Å². The van der Waals surface area contributed by atoms with Gasteiger partial charge in [0.15, 0.2) is 0 Å². The number of halogens is 1. The van der Waals surface area contributed by atoms with Gasteiger partial charge in [0.25, 0.3) is 0 Å². The first kappa shape index (κ1) is 14.6. The third-order valence-electron chi connectivity index (χ3n) is 3.33. The summed E-state index contributed by atoms with van der Waals surface area (Å²) in [6, 6.07) is 4.29. The molecule has 1 aliphatic heterocycles. The molecule has 0 N–H and O–H groups in total. The van der Waals surface area contributed by atoms with Crippen molar-refractivity contribution in [1.82, 2.24) is 4.31 Å². The fraction of sp³-hybridized carbons (Fsp3) is 0.385. The van der Waals surface area contributed by atoms with Crippen molar-refractivity contribution < 1.29 is 17.6 Å². The third kappa shape index (κ3) is 2.44. The highest BCUT2D eigenvalue weighted by Crippen LogP contribution is 2.27. The summed E-state index contributed by atoms with van der Waals surface area (Å²) in [5, 5.41) is 8.94. The molecule has 1 aliphatic rings. The van der Waals surface area contributed by atoms with Crippen molar-refractivity contribution in [1.29, 1.82) is 5.26 Å². The van der Waals surface area contributed by atoms with Crippen molar-refractivity contribution in [3.8, 4) is 6.07 Å². The van der Waals surface area contributed by atoms with Gasteiger partial charge in [0.1, 0.15) is 28.6 Å². The van der Waals surface area contributed by atoms with Crippen molar-refractivity contribution in [2.45, 2.75) is 30.2 Å². The smallest absolute Gasteiger partial charge is 0.245 e. The summed E-state index contributed by atoms with van der Waals surface area (Å²) in [6.45, 7) is 0.202. The maximum Gasteiger partial charge on any atom is 0.245 e. The summed E-state index contributed by atoms with van der Waals surface area (Å²) in [7, 11) is -4.05. The lowest BCUT2D eigenvalue weighted by Gasteiger charge is -2.31. The van der Waals surface area contributed by atoms with Crippen LogP contribution < -0.4 is 0 Å². The van der Waals surface area contributed by atoms with E-state index in [1.807, 2.05) is 0 Å². The highest BCUT2D eigenvalue weighted by atomic mass is 32.2. The van der Waals surface area contributed by atoms with E-state index < -0.39 is 27.4 Å². The molecule has 5 nitrogen and oxygen atoms in total. The first-order valence-electron chi connectivity index (χ1n) is 6.18. The standard InChI is InChI=1S/C13H13FN2O3S/c14-12-5-3-6-13(11(12)8-15)20(18,19)16-7-2-1-4-10(16)9-17/h3,5-6,9-10H,1-2,4,7H2. The molecule has 1 heterocycles. The largest absolute Gasteiger partial charge is 0.302 e. The number of carbonyl (C=O) groups is 1. The van der Waals surface area contributed by atoms with Crippen LogP contribution in [0.2, 0.25) is 0 Å². The Balaban J connectivity index is 2.53. The second kappa shape index (κ2) is 5.69. The Bertz CT molecular complexity index is 667. The number of piperidine rings is 1. The van der Waals surface area contributed by atoms with Gasteiger partial charge in [-0.3, -0.25) is 0 Å². The van der Waals surface area contributed by atoms with Crippen molar-refractivity contribution in [2.24, 2.45) is 0 Å². The van der Waals surface area contributed by atoms with Gasteiger partial charge in [0, 0.05) is 6.54 Å². The monoisotopic (exact) mass is 296 g/mol. The fourth-order valence-electron chi connectivity index (χ4n) is 2.32. The van der Waals surface area contributed by atoms with E-state index in [1.165, 1.54) is 12.1 Å². The van der Waals surface area contributed by atoms with Crippen molar-refractivity contribution in [3.05, 3.63) is 29.6 Å². The molecule has 0 spiro atoms. The molecule has 7 heteroatoms. The summed E-state index contributed by atoms with van der Waals surface area (Å²) >= 11 is 0. The lowest BCUT2D eigenvalue weighted by molar-refractivity contribution is -0.111.